The molecule has 2 rings (SSSR count). The van der Waals surface area contributed by atoms with Crippen LogP contribution in [0.1, 0.15) is 16.8 Å². The Morgan fingerprint density at radius 1 is 1.43 bits per heavy atom. The lowest BCUT2D eigenvalue weighted by molar-refractivity contribution is 0.0697. The zero-order valence-corrected chi connectivity index (χ0v) is 12.8. The Kier molecular flexibility index (Phi) is 5.59. The van der Waals surface area contributed by atoms with E-state index in [9.17, 15) is 4.79 Å². The predicted molar refractivity (Wildman–Crippen MR) is 82.0 cm³/mol. The third-order valence-corrected chi connectivity index (χ3v) is 3.90. The molecule has 1 N–H and O–H groups in total. The van der Waals surface area contributed by atoms with Gasteiger partial charge in [-0.3, -0.25) is 0 Å². The molecule has 1 aliphatic heterocycles. The van der Waals surface area contributed by atoms with Crippen LogP contribution in [0.25, 0.3) is 0 Å². The minimum atomic E-state index is -0.914. The second kappa shape index (κ2) is 7.43. The van der Waals surface area contributed by atoms with Crippen molar-refractivity contribution >= 4 is 5.97 Å². The number of carboxylic acids is 1. The van der Waals surface area contributed by atoms with Crippen molar-refractivity contribution in [2.45, 2.75) is 6.42 Å². The van der Waals surface area contributed by atoms with E-state index >= 15 is 0 Å². The first-order chi connectivity index (χ1) is 10.0. The summed E-state index contributed by atoms with van der Waals surface area (Å²) < 4.78 is 5.65. The standard InChI is InChI=1S/C16H24N2O3/c1-17-8-7-13(11-17)12-18(2)9-10-21-15-5-3-14(4-6-15)16(19)20/h3-6,13H,7-12H2,1-2H3,(H,19,20). The Labute approximate surface area is 126 Å². The number of benzene rings is 1. The molecule has 21 heavy (non-hydrogen) atoms. The number of carbonyl (C=O) groups is 1. The molecule has 1 heterocycles. The molecule has 0 spiro atoms. The highest BCUT2D eigenvalue weighted by Gasteiger charge is 2.20. The Balaban J connectivity index is 1.67. The summed E-state index contributed by atoms with van der Waals surface area (Å²) in [5, 5.41) is 8.83. The molecule has 1 unspecified atom stereocenters. The number of ether oxygens (including phenoxy) is 1. The maximum Gasteiger partial charge on any atom is 0.335 e. The second-order valence-electron chi connectivity index (χ2n) is 5.86. The van der Waals surface area contributed by atoms with Crippen LogP contribution < -0.4 is 4.74 Å². The fourth-order valence-corrected chi connectivity index (χ4v) is 2.72. The first kappa shape index (κ1) is 15.8. The van der Waals surface area contributed by atoms with Crippen LogP contribution >= 0.6 is 0 Å². The first-order valence-corrected chi connectivity index (χ1v) is 7.38. The average Bonchev–Trinajstić information content (AvgIpc) is 2.84. The van der Waals surface area contributed by atoms with Crippen LogP contribution in [0, 0.1) is 5.92 Å². The van der Waals surface area contributed by atoms with Gasteiger partial charge in [0.25, 0.3) is 0 Å². The molecule has 5 heteroatoms. The molecule has 1 fully saturated rings. The molecular weight excluding hydrogens is 268 g/mol. The SMILES string of the molecule is CN(CCOc1ccc(C(=O)O)cc1)CC1CCN(C)C1. The molecule has 1 saturated heterocycles. The second-order valence-corrected chi connectivity index (χ2v) is 5.86. The Morgan fingerprint density at radius 3 is 2.71 bits per heavy atom. The molecule has 1 aliphatic rings. The van der Waals surface area contributed by atoms with Crippen molar-refractivity contribution in [2.75, 3.05) is 46.9 Å². The number of likely N-dealkylation sites (tertiary alicyclic amines) is 1. The van der Waals surface area contributed by atoms with E-state index in [-0.39, 0.29) is 5.56 Å². The van der Waals surface area contributed by atoms with E-state index in [4.69, 9.17) is 9.84 Å². The van der Waals surface area contributed by atoms with Gasteiger partial charge < -0.3 is 19.6 Å². The summed E-state index contributed by atoms with van der Waals surface area (Å²) in [5.41, 5.74) is 0.282. The fraction of sp³-hybridized carbons (Fsp3) is 0.562. The van der Waals surface area contributed by atoms with Crippen molar-refractivity contribution in [1.82, 2.24) is 9.80 Å². The van der Waals surface area contributed by atoms with E-state index in [1.165, 1.54) is 19.5 Å². The van der Waals surface area contributed by atoms with Gasteiger partial charge in [-0.25, -0.2) is 4.79 Å². The van der Waals surface area contributed by atoms with Crippen LogP contribution in [0.5, 0.6) is 5.75 Å². The zero-order valence-electron chi connectivity index (χ0n) is 12.8. The van der Waals surface area contributed by atoms with Gasteiger partial charge >= 0.3 is 5.97 Å². The first-order valence-electron chi connectivity index (χ1n) is 7.38. The molecule has 1 aromatic rings. The highest BCUT2D eigenvalue weighted by molar-refractivity contribution is 5.87. The van der Waals surface area contributed by atoms with Crippen molar-refractivity contribution in [2.24, 2.45) is 5.92 Å². The van der Waals surface area contributed by atoms with Gasteiger partial charge in [-0.05, 0) is 57.2 Å². The topological polar surface area (TPSA) is 53.0 Å². The lowest BCUT2D eigenvalue weighted by atomic mass is 10.1. The minimum Gasteiger partial charge on any atom is -0.492 e. The lowest BCUT2D eigenvalue weighted by Gasteiger charge is -2.21. The normalized spacial score (nSPS) is 19.1. The maximum absolute atomic E-state index is 10.8. The highest BCUT2D eigenvalue weighted by Crippen LogP contribution is 2.15. The van der Waals surface area contributed by atoms with Crippen molar-refractivity contribution in [3.05, 3.63) is 29.8 Å². The summed E-state index contributed by atoms with van der Waals surface area (Å²) in [6.45, 7) is 4.98. The van der Waals surface area contributed by atoms with Gasteiger partial charge in [0.05, 0.1) is 5.56 Å². The molecular formula is C16H24N2O3. The van der Waals surface area contributed by atoms with Gasteiger partial charge in [-0.1, -0.05) is 0 Å². The molecule has 116 valence electrons. The summed E-state index contributed by atoms with van der Waals surface area (Å²) in [6, 6.07) is 6.54. The molecule has 0 bridgehead atoms. The Hall–Kier alpha value is -1.59. The van der Waals surface area contributed by atoms with Crippen LogP contribution in [0.15, 0.2) is 24.3 Å². The number of nitrogens with zero attached hydrogens (tertiary/aromatic N) is 2. The number of carboxylic acid groups (broad SMARTS) is 1. The summed E-state index contributed by atoms with van der Waals surface area (Å²) in [4.78, 5) is 15.4. The maximum atomic E-state index is 10.8. The number of hydrogen-bond acceptors (Lipinski definition) is 4. The Bertz CT molecular complexity index is 461. The van der Waals surface area contributed by atoms with E-state index < -0.39 is 5.97 Å². The third-order valence-electron chi connectivity index (χ3n) is 3.90. The quantitative estimate of drug-likeness (QED) is 0.828. The summed E-state index contributed by atoms with van der Waals surface area (Å²) in [5.74, 6) is 0.562. The van der Waals surface area contributed by atoms with Crippen molar-refractivity contribution in [1.29, 1.82) is 0 Å². The highest BCUT2D eigenvalue weighted by atomic mass is 16.5. The number of rotatable bonds is 7. The van der Waals surface area contributed by atoms with Gasteiger partial charge in [0, 0.05) is 19.6 Å². The van der Waals surface area contributed by atoms with Gasteiger partial charge in [-0.2, -0.15) is 0 Å². The molecule has 0 aliphatic carbocycles. The van der Waals surface area contributed by atoms with E-state index in [0.29, 0.717) is 12.4 Å². The van der Waals surface area contributed by atoms with Crippen LogP contribution in [-0.4, -0.2) is 67.8 Å². The van der Waals surface area contributed by atoms with Gasteiger partial charge in [0.1, 0.15) is 12.4 Å². The molecule has 5 nitrogen and oxygen atoms in total. The smallest absolute Gasteiger partial charge is 0.335 e. The number of aromatic carboxylic acids is 1. The van der Waals surface area contributed by atoms with E-state index in [1.54, 1.807) is 24.3 Å². The molecule has 0 saturated carbocycles. The van der Waals surface area contributed by atoms with Crippen LogP contribution in [0.4, 0.5) is 0 Å². The van der Waals surface area contributed by atoms with Crippen molar-refractivity contribution in [3.63, 3.8) is 0 Å². The summed E-state index contributed by atoms with van der Waals surface area (Å²) in [7, 11) is 4.29. The lowest BCUT2D eigenvalue weighted by Crippen LogP contribution is -2.30. The molecule has 0 aromatic heterocycles. The fourth-order valence-electron chi connectivity index (χ4n) is 2.72. The largest absolute Gasteiger partial charge is 0.492 e. The monoisotopic (exact) mass is 292 g/mol. The van der Waals surface area contributed by atoms with Crippen LogP contribution in [-0.2, 0) is 0 Å². The van der Waals surface area contributed by atoms with Crippen molar-refractivity contribution in [3.8, 4) is 5.75 Å². The average molecular weight is 292 g/mol. The molecule has 0 amide bonds. The van der Waals surface area contributed by atoms with Gasteiger partial charge in [-0.15, -0.1) is 0 Å². The van der Waals surface area contributed by atoms with E-state index in [0.717, 1.165) is 19.0 Å². The van der Waals surface area contributed by atoms with Crippen LogP contribution in [0.3, 0.4) is 0 Å². The predicted octanol–water partition coefficient (Wildman–Crippen LogP) is 1.65. The van der Waals surface area contributed by atoms with E-state index in [2.05, 4.69) is 23.9 Å². The van der Waals surface area contributed by atoms with Crippen molar-refractivity contribution < 1.29 is 14.6 Å². The molecule has 0 radical (unpaired) electrons. The summed E-state index contributed by atoms with van der Waals surface area (Å²) in [6.07, 6.45) is 1.28. The molecule has 1 aromatic carbocycles. The zero-order chi connectivity index (χ0) is 15.2. The van der Waals surface area contributed by atoms with Crippen LogP contribution in [0.2, 0.25) is 0 Å². The van der Waals surface area contributed by atoms with E-state index in [1.807, 2.05) is 0 Å². The number of likely N-dealkylation sites (N-methyl/N-ethyl adjacent to an activating group) is 1. The Morgan fingerprint density at radius 2 is 2.14 bits per heavy atom. The number of hydrogen-bond donors (Lipinski definition) is 1. The summed E-state index contributed by atoms with van der Waals surface area (Å²) >= 11 is 0. The molecule has 1 atom stereocenters. The van der Waals surface area contributed by atoms with Gasteiger partial charge in [0.15, 0.2) is 0 Å². The minimum absolute atomic E-state index is 0.282. The van der Waals surface area contributed by atoms with Gasteiger partial charge in [0.2, 0.25) is 0 Å². The third kappa shape index (κ3) is 5.02.